The van der Waals surface area contributed by atoms with Gasteiger partial charge in [-0.25, -0.2) is 5.84 Å². The van der Waals surface area contributed by atoms with Gasteiger partial charge in [-0.15, -0.1) is 0 Å². The van der Waals surface area contributed by atoms with Crippen molar-refractivity contribution in [1.29, 1.82) is 0 Å². The first-order chi connectivity index (χ1) is 7.63. The van der Waals surface area contributed by atoms with E-state index < -0.39 is 11.8 Å². The predicted octanol–water partition coefficient (Wildman–Crippen LogP) is -1.85. The number of hydrazine groups is 1. The molecule has 0 bridgehead atoms. The van der Waals surface area contributed by atoms with Gasteiger partial charge in [-0.2, -0.15) is 0 Å². The van der Waals surface area contributed by atoms with E-state index in [4.69, 9.17) is 5.84 Å². The summed E-state index contributed by atoms with van der Waals surface area (Å²) in [6.07, 6.45) is 2.96. The van der Waals surface area contributed by atoms with E-state index in [1.165, 1.54) is 0 Å². The van der Waals surface area contributed by atoms with E-state index in [9.17, 15) is 14.4 Å². The molecule has 0 atom stereocenters. The number of carbonyl (C=O) groups is 3. The highest BCUT2D eigenvalue weighted by molar-refractivity contribution is 6.34. The van der Waals surface area contributed by atoms with Crippen molar-refractivity contribution in [2.24, 2.45) is 5.84 Å². The van der Waals surface area contributed by atoms with Crippen LogP contribution >= 0.6 is 0 Å². The standard InChI is InChI=1S/C9H16N4O3/c10-13-9(16)8(15)11-5-1-2-7(14)12-6-3-4-6/h6H,1-5,10H2,(H,11,15)(H,12,14)(H,13,16). The second-order valence-electron chi connectivity index (χ2n) is 3.67. The summed E-state index contributed by atoms with van der Waals surface area (Å²) in [7, 11) is 0. The van der Waals surface area contributed by atoms with Gasteiger partial charge in [-0.05, 0) is 19.3 Å². The smallest absolute Gasteiger partial charge is 0.323 e. The SMILES string of the molecule is NNC(=O)C(=O)NCCCC(=O)NC1CC1. The zero-order chi connectivity index (χ0) is 12.0. The van der Waals surface area contributed by atoms with Crippen LogP contribution in [0.2, 0.25) is 0 Å². The maximum absolute atomic E-state index is 11.2. The Morgan fingerprint density at radius 1 is 1.19 bits per heavy atom. The van der Waals surface area contributed by atoms with Crippen LogP contribution in [0.5, 0.6) is 0 Å². The molecule has 0 aromatic carbocycles. The van der Waals surface area contributed by atoms with Crippen LogP contribution in [0.15, 0.2) is 0 Å². The number of carbonyl (C=O) groups excluding carboxylic acids is 3. The Morgan fingerprint density at radius 2 is 1.88 bits per heavy atom. The highest BCUT2D eigenvalue weighted by Crippen LogP contribution is 2.18. The third-order valence-electron chi connectivity index (χ3n) is 2.15. The molecule has 0 saturated heterocycles. The Bertz CT molecular complexity index is 288. The van der Waals surface area contributed by atoms with Gasteiger partial charge in [0.25, 0.3) is 0 Å². The normalized spacial score (nSPS) is 14.1. The number of nitrogens with one attached hydrogen (secondary N) is 3. The van der Waals surface area contributed by atoms with Crippen LogP contribution in [-0.2, 0) is 14.4 Å². The fourth-order valence-electron chi connectivity index (χ4n) is 1.12. The molecule has 0 spiro atoms. The summed E-state index contributed by atoms with van der Waals surface area (Å²) in [6, 6.07) is 0.352. The molecule has 3 amide bonds. The van der Waals surface area contributed by atoms with Crippen molar-refractivity contribution < 1.29 is 14.4 Å². The average Bonchev–Trinajstić information content (AvgIpc) is 3.06. The van der Waals surface area contributed by atoms with Crippen molar-refractivity contribution in [2.45, 2.75) is 31.7 Å². The second kappa shape index (κ2) is 6.06. The summed E-state index contributed by atoms with van der Waals surface area (Å²) < 4.78 is 0. The molecule has 1 aliphatic rings. The van der Waals surface area contributed by atoms with Crippen LogP contribution in [0.25, 0.3) is 0 Å². The van der Waals surface area contributed by atoms with Gasteiger partial charge < -0.3 is 10.6 Å². The fraction of sp³-hybridized carbons (Fsp3) is 0.667. The van der Waals surface area contributed by atoms with Crippen molar-refractivity contribution >= 4 is 17.7 Å². The van der Waals surface area contributed by atoms with Gasteiger partial charge in [-0.3, -0.25) is 19.8 Å². The van der Waals surface area contributed by atoms with Crippen LogP contribution in [-0.4, -0.2) is 30.3 Å². The predicted molar refractivity (Wildman–Crippen MR) is 55.7 cm³/mol. The Balaban J connectivity index is 2.00. The molecule has 0 unspecified atom stereocenters. The number of hydrogen-bond donors (Lipinski definition) is 4. The molecule has 7 nitrogen and oxygen atoms in total. The first-order valence-corrected chi connectivity index (χ1v) is 5.21. The number of hydrogen-bond acceptors (Lipinski definition) is 4. The molecule has 0 aliphatic heterocycles. The Kier molecular flexibility index (Phi) is 4.71. The van der Waals surface area contributed by atoms with Crippen LogP contribution in [0, 0.1) is 0 Å². The minimum absolute atomic E-state index is 0.0139. The lowest BCUT2D eigenvalue weighted by molar-refractivity contribution is -0.139. The summed E-state index contributed by atoms with van der Waals surface area (Å²) in [5.41, 5.74) is 1.72. The molecule has 16 heavy (non-hydrogen) atoms. The molecule has 5 N–H and O–H groups in total. The maximum Gasteiger partial charge on any atom is 0.323 e. The minimum Gasteiger partial charge on any atom is -0.353 e. The zero-order valence-electron chi connectivity index (χ0n) is 8.91. The van der Waals surface area contributed by atoms with E-state index in [1.54, 1.807) is 5.43 Å². The Morgan fingerprint density at radius 3 is 2.44 bits per heavy atom. The van der Waals surface area contributed by atoms with Gasteiger partial charge >= 0.3 is 11.8 Å². The van der Waals surface area contributed by atoms with E-state index in [2.05, 4.69) is 10.6 Å². The van der Waals surface area contributed by atoms with E-state index in [-0.39, 0.29) is 12.5 Å². The largest absolute Gasteiger partial charge is 0.353 e. The van der Waals surface area contributed by atoms with Gasteiger partial charge in [-0.1, -0.05) is 0 Å². The highest BCUT2D eigenvalue weighted by atomic mass is 16.2. The van der Waals surface area contributed by atoms with Gasteiger partial charge in [0.2, 0.25) is 5.91 Å². The lowest BCUT2D eigenvalue weighted by Crippen LogP contribution is -2.43. The van der Waals surface area contributed by atoms with Crippen LogP contribution in [0.4, 0.5) is 0 Å². The van der Waals surface area contributed by atoms with Crippen molar-refractivity contribution in [1.82, 2.24) is 16.1 Å². The molecule has 7 heteroatoms. The summed E-state index contributed by atoms with van der Waals surface area (Å²) in [5.74, 6) is 3.08. The number of nitrogens with two attached hydrogens (primary N) is 1. The monoisotopic (exact) mass is 228 g/mol. The van der Waals surface area contributed by atoms with Crippen LogP contribution in [0.1, 0.15) is 25.7 Å². The molecule has 90 valence electrons. The molecular formula is C9H16N4O3. The quantitative estimate of drug-likeness (QED) is 0.145. The summed E-state index contributed by atoms with van der Waals surface area (Å²) in [5, 5.41) is 5.17. The van der Waals surface area contributed by atoms with Crippen molar-refractivity contribution in [2.75, 3.05) is 6.54 Å². The third-order valence-corrected chi connectivity index (χ3v) is 2.15. The van der Waals surface area contributed by atoms with Crippen LogP contribution in [0.3, 0.4) is 0 Å². The first-order valence-electron chi connectivity index (χ1n) is 5.21. The van der Waals surface area contributed by atoms with E-state index in [0.717, 1.165) is 12.8 Å². The van der Waals surface area contributed by atoms with Gasteiger partial charge in [0.05, 0.1) is 0 Å². The zero-order valence-corrected chi connectivity index (χ0v) is 8.91. The minimum atomic E-state index is -0.887. The second-order valence-corrected chi connectivity index (χ2v) is 3.67. The first kappa shape index (κ1) is 12.4. The summed E-state index contributed by atoms with van der Waals surface area (Å²) in [4.78, 5) is 32.8. The molecule has 0 aromatic heterocycles. The van der Waals surface area contributed by atoms with Gasteiger partial charge in [0.15, 0.2) is 0 Å². The topological polar surface area (TPSA) is 113 Å². The summed E-state index contributed by atoms with van der Waals surface area (Å²) >= 11 is 0. The van der Waals surface area contributed by atoms with E-state index in [0.29, 0.717) is 18.9 Å². The average molecular weight is 228 g/mol. The number of amides is 3. The van der Waals surface area contributed by atoms with Crippen molar-refractivity contribution in [3.63, 3.8) is 0 Å². The summed E-state index contributed by atoms with van der Waals surface area (Å²) in [6.45, 7) is 0.282. The molecule has 1 rings (SSSR count). The van der Waals surface area contributed by atoms with Crippen LogP contribution < -0.4 is 21.9 Å². The fourth-order valence-corrected chi connectivity index (χ4v) is 1.12. The lowest BCUT2D eigenvalue weighted by Gasteiger charge is -2.04. The Labute approximate surface area is 93.1 Å². The molecule has 1 saturated carbocycles. The molecule has 0 radical (unpaired) electrons. The molecule has 1 aliphatic carbocycles. The molecule has 0 aromatic rings. The Hall–Kier alpha value is -1.63. The maximum atomic E-state index is 11.2. The lowest BCUT2D eigenvalue weighted by atomic mass is 10.3. The van der Waals surface area contributed by atoms with E-state index in [1.807, 2.05) is 0 Å². The van der Waals surface area contributed by atoms with Crippen molar-refractivity contribution in [3.8, 4) is 0 Å². The highest BCUT2D eigenvalue weighted by Gasteiger charge is 2.22. The molecule has 1 fully saturated rings. The van der Waals surface area contributed by atoms with Gasteiger partial charge in [0, 0.05) is 19.0 Å². The molecule has 0 heterocycles. The van der Waals surface area contributed by atoms with E-state index >= 15 is 0 Å². The molecular weight excluding hydrogens is 212 g/mol. The van der Waals surface area contributed by atoms with Crippen molar-refractivity contribution in [3.05, 3.63) is 0 Å². The number of rotatable bonds is 5. The van der Waals surface area contributed by atoms with Gasteiger partial charge in [0.1, 0.15) is 0 Å². The third kappa shape index (κ3) is 4.74.